The van der Waals surface area contributed by atoms with Crippen molar-refractivity contribution in [2.24, 2.45) is 11.8 Å². The van der Waals surface area contributed by atoms with Crippen molar-refractivity contribution in [1.82, 2.24) is 20.9 Å². The third-order valence-corrected chi connectivity index (χ3v) is 7.17. The standard InChI is InChI=1S/C30H33F3N4O6/c1-15(2)11-22(37-30(41)23-13-17-20(35-23)5-4-6-25(17)42-3)29(40)36-21(12-16-9-10-34-28(16)39)24(38)14-43-27-19(32)8-7-18(31)26(27)33/h4-8,13,15-16,21-22,35H,9-12,14H2,1-3H3,(H,34,39)(H,36,40)(H,37,41)/t16?,21?,22-/m0/s1. The van der Waals surface area contributed by atoms with Crippen LogP contribution in [-0.4, -0.2) is 60.8 Å². The molecule has 1 saturated heterocycles. The van der Waals surface area contributed by atoms with E-state index in [1.807, 2.05) is 13.8 Å². The number of nitrogens with one attached hydrogen (secondary N) is 4. The Labute approximate surface area is 245 Å². The van der Waals surface area contributed by atoms with Crippen LogP contribution in [0.15, 0.2) is 36.4 Å². The first kappa shape index (κ1) is 31.4. The van der Waals surface area contributed by atoms with Gasteiger partial charge in [0.1, 0.15) is 24.1 Å². The smallest absolute Gasteiger partial charge is 0.268 e. The van der Waals surface area contributed by atoms with Gasteiger partial charge in [0, 0.05) is 23.4 Å². The summed E-state index contributed by atoms with van der Waals surface area (Å²) < 4.78 is 52.1. The molecular weight excluding hydrogens is 569 g/mol. The minimum Gasteiger partial charge on any atom is -0.496 e. The number of carbonyl (C=O) groups excluding carboxylic acids is 4. The first-order chi connectivity index (χ1) is 20.5. The first-order valence-corrected chi connectivity index (χ1v) is 13.8. The molecule has 3 atom stereocenters. The lowest BCUT2D eigenvalue weighted by Gasteiger charge is -2.25. The number of rotatable bonds is 13. The highest BCUT2D eigenvalue weighted by atomic mass is 19.2. The van der Waals surface area contributed by atoms with Crippen LogP contribution in [0.2, 0.25) is 0 Å². The van der Waals surface area contributed by atoms with Crippen molar-refractivity contribution >= 4 is 34.4 Å². The van der Waals surface area contributed by atoms with E-state index in [-0.39, 0.29) is 30.4 Å². The van der Waals surface area contributed by atoms with Gasteiger partial charge in [-0.1, -0.05) is 19.9 Å². The van der Waals surface area contributed by atoms with Crippen molar-refractivity contribution < 1.29 is 41.8 Å². The van der Waals surface area contributed by atoms with E-state index in [9.17, 15) is 32.3 Å². The maximum absolute atomic E-state index is 14.1. The molecule has 230 valence electrons. The normalized spacial score (nSPS) is 16.1. The van der Waals surface area contributed by atoms with Gasteiger partial charge in [0.05, 0.1) is 13.2 Å². The van der Waals surface area contributed by atoms with Crippen LogP contribution in [0.25, 0.3) is 10.9 Å². The number of ketones is 1. The second kappa shape index (κ2) is 13.6. The lowest BCUT2D eigenvalue weighted by Crippen LogP contribution is -2.53. The van der Waals surface area contributed by atoms with E-state index in [1.54, 1.807) is 24.3 Å². The van der Waals surface area contributed by atoms with Gasteiger partial charge in [-0.15, -0.1) is 0 Å². The largest absolute Gasteiger partial charge is 0.496 e. The van der Waals surface area contributed by atoms with E-state index in [0.29, 0.717) is 41.8 Å². The molecule has 2 heterocycles. The number of fused-ring (bicyclic) bond motifs is 1. The van der Waals surface area contributed by atoms with Gasteiger partial charge < -0.3 is 30.4 Å². The molecule has 0 radical (unpaired) electrons. The SMILES string of the molecule is COc1cccc2[nH]c(C(=O)N[C@@H](CC(C)C)C(=O)NC(CC3CCNC3=O)C(=O)COc3c(F)ccc(F)c3F)cc12. The maximum Gasteiger partial charge on any atom is 0.268 e. The summed E-state index contributed by atoms with van der Waals surface area (Å²) in [5.41, 5.74) is 0.838. The summed E-state index contributed by atoms with van der Waals surface area (Å²) in [4.78, 5) is 55.1. The number of aromatic nitrogens is 1. The Bertz CT molecular complexity index is 1530. The summed E-state index contributed by atoms with van der Waals surface area (Å²) in [5.74, 6) is -7.73. The highest BCUT2D eigenvalue weighted by molar-refractivity contribution is 6.02. The molecule has 0 bridgehead atoms. The van der Waals surface area contributed by atoms with Gasteiger partial charge in [-0.3, -0.25) is 19.2 Å². The molecule has 0 spiro atoms. The first-order valence-electron chi connectivity index (χ1n) is 13.8. The van der Waals surface area contributed by atoms with E-state index in [1.165, 1.54) is 7.11 Å². The lowest BCUT2D eigenvalue weighted by atomic mass is 9.95. The number of benzene rings is 2. The van der Waals surface area contributed by atoms with Gasteiger partial charge >= 0.3 is 0 Å². The summed E-state index contributed by atoms with van der Waals surface area (Å²) in [7, 11) is 1.51. The summed E-state index contributed by atoms with van der Waals surface area (Å²) in [6.07, 6.45) is 0.503. The molecule has 2 unspecified atom stereocenters. The zero-order valence-corrected chi connectivity index (χ0v) is 23.9. The maximum atomic E-state index is 14.1. The Kier molecular flexibility index (Phi) is 9.94. The molecule has 3 amide bonds. The van der Waals surface area contributed by atoms with Crippen molar-refractivity contribution in [2.75, 3.05) is 20.3 Å². The van der Waals surface area contributed by atoms with Crippen LogP contribution >= 0.6 is 0 Å². The van der Waals surface area contributed by atoms with Gasteiger partial charge in [-0.05, 0) is 55.5 Å². The predicted molar refractivity (Wildman–Crippen MR) is 150 cm³/mol. The zero-order valence-electron chi connectivity index (χ0n) is 23.9. The van der Waals surface area contributed by atoms with Crippen LogP contribution in [0.1, 0.15) is 43.6 Å². The molecule has 1 aliphatic heterocycles. The Morgan fingerprint density at radius 1 is 1.05 bits per heavy atom. The molecule has 0 aliphatic carbocycles. The quantitative estimate of drug-likeness (QED) is 0.221. The average Bonchev–Trinajstić information content (AvgIpc) is 3.59. The summed E-state index contributed by atoms with van der Waals surface area (Å²) in [6, 6.07) is 5.73. The second-order valence-corrected chi connectivity index (χ2v) is 10.8. The zero-order chi connectivity index (χ0) is 31.3. The van der Waals surface area contributed by atoms with Gasteiger partial charge in [-0.2, -0.15) is 4.39 Å². The fourth-order valence-electron chi connectivity index (χ4n) is 4.95. The monoisotopic (exact) mass is 602 g/mol. The summed E-state index contributed by atoms with van der Waals surface area (Å²) >= 11 is 0. The van der Waals surface area contributed by atoms with E-state index >= 15 is 0 Å². The van der Waals surface area contributed by atoms with E-state index < -0.39 is 65.4 Å². The molecule has 2 aromatic carbocycles. The number of amides is 3. The fourth-order valence-corrected chi connectivity index (χ4v) is 4.95. The van der Waals surface area contributed by atoms with Crippen LogP contribution in [0.3, 0.4) is 0 Å². The van der Waals surface area contributed by atoms with Gasteiger partial charge in [0.25, 0.3) is 5.91 Å². The molecule has 10 nitrogen and oxygen atoms in total. The third-order valence-electron chi connectivity index (χ3n) is 7.17. The van der Waals surface area contributed by atoms with E-state index in [4.69, 9.17) is 9.47 Å². The lowest BCUT2D eigenvalue weighted by molar-refractivity contribution is -0.131. The minimum atomic E-state index is -1.60. The van der Waals surface area contributed by atoms with Gasteiger partial charge in [-0.25, -0.2) is 8.78 Å². The Hall–Kier alpha value is -4.55. The third kappa shape index (κ3) is 7.46. The van der Waals surface area contributed by atoms with Crippen LogP contribution in [0, 0.1) is 29.3 Å². The number of aromatic amines is 1. The number of ether oxygens (including phenoxy) is 2. The molecular formula is C30H33F3N4O6. The molecule has 1 aromatic heterocycles. The molecule has 4 N–H and O–H groups in total. The summed E-state index contributed by atoms with van der Waals surface area (Å²) in [5, 5.41) is 8.62. The van der Waals surface area contributed by atoms with Crippen LogP contribution < -0.4 is 25.4 Å². The van der Waals surface area contributed by atoms with Crippen molar-refractivity contribution in [2.45, 2.75) is 45.2 Å². The average molecular weight is 603 g/mol. The number of Topliss-reactive ketones (excluding diaryl/α,β-unsaturated/α-hetero) is 1. The van der Waals surface area contributed by atoms with Crippen molar-refractivity contribution in [3.8, 4) is 11.5 Å². The molecule has 1 aliphatic rings. The van der Waals surface area contributed by atoms with E-state index in [0.717, 1.165) is 0 Å². The molecule has 4 rings (SSSR count). The molecule has 3 aromatic rings. The van der Waals surface area contributed by atoms with Gasteiger partial charge in [0.2, 0.25) is 17.6 Å². The van der Waals surface area contributed by atoms with Gasteiger partial charge in [0.15, 0.2) is 23.2 Å². The van der Waals surface area contributed by atoms with Crippen molar-refractivity contribution in [1.29, 1.82) is 0 Å². The summed E-state index contributed by atoms with van der Waals surface area (Å²) in [6.45, 7) is 3.17. The highest BCUT2D eigenvalue weighted by Gasteiger charge is 2.34. The Morgan fingerprint density at radius 3 is 2.47 bits per heavy atom. The van der Waals surface area contributed by atoms with Crippen molar-refractivity contribution in [3.05, 3.63) is 59.5 Å². The number of methoxy groups -OCH3 is 1. The molecule has 13 heteroatoms. The van der Waals surface area contributed by atoms with Crippen molar-refractivity contribution in [3.63, 3.8) is 0 Å². The number of hydrogen-bond acceptors (Lipinski definition) is 6. The number of carbonyl (C=O) groups is 4. The number of H-pyrrole nitrogens is 1. The topological polar surface area (TPSA) is 139 Å². The van der Waals surface area contributed by atoms with Crippen LogP contribution in [-0.2, 0) is 14.4 Å². The highest BCUT2D eigenvalue weighted by Crippen LogP contribution is 2.27. The molecule has 1 fully saturated rings. The predicted octanol–water partition coefficient (Wildman–Crippen LogP) is 3.40. The molecule has 43 heavy (non-hydrogen) atoms. The number of halogens is 3. The van der Waals surface area contributed by atoms with Crippen LogP contribution in [0.5, 0.6) is 11.5 Å². The number of hydrogen-bond donors (Lipinski definition) is 4. The van der Waals surface area contributed by atoms with E-state index in [2.05, 4.69) is 20.9 Å². The fraction of sp³-hybridized carbons (Fsp3) is 0.400. The second-order valence-electron chi connectivity index (χ2n) is 10.8. The Morgan fingerprint density at radius 2 is 1.79 bits per heavy atom. The Balaban J connectivity index is 1.52. The minimum absolute atomic E-state index is 0.0455. The van der Waals surface area contributed by atoms with Crippen LogP contribution in [0.4, 0.5) is 13.2 Å². The molecule has 0 saturated carbocycles.